The molecule has 154 valence electrons. The van der Waals surface area contributed by atoms with Crippen molar-refractivity contribution in [2.75, 3.05) is 42.5 Å². The Balaban J connectivity index is 1.57. The second-order valence-electron chi connectivity index (χ2n) is 8.39. The first-order valence-electron chi connectivity index (χ1n) is 9.93. The van der Waals surface area contributed by atoms with Gasteiger partial charge < -0.3 is 9.80 Å². The number of anilines is 2. The number of benzene rings is 2. The molecule has 0 atom stereocenters. The Bertz CT molecular complexity index is 1030. The van der Waals surface area contributed by atoms with Crippen LogP contribution in [0.2, 0.25) is 0 Å². The molecule has 7 heteroatoms. The maximum Gasteiger partial charge on any atom is 0.243 e. The maximum atomic E-state index is 13.3. The van der Waals surface area contributed by atoms with Gasteiger partial charge in [-0.05, 0) is 35.9 Å². The quantitative estimate of drug-likeness (QED) is 0.776. The minimum absolute atomic E-state index is 0.0236. The Hall–Kier alpha value is -2.38. The van der Waals surface area contributed by atoms with Gasteiger partial charge in [0.25, 0.3) is 0 Å². The Morgan fingerprint density at radius 2 is 1.62 bits per heavy atom. The number of rotatable bonds is 3. The van der Waals surface area contributed by atoms with E-state index < -0.39 is 10.0 Å². The zero-order valence-corrected chi connectivity index (χ0v) is 17.9. The lowest BCUT2D eigenvalue weighted by atomic mass is 9.87. The third-order valence-electron chi connectivity index (χ3n) is 5.92. The summed E-state index contributed by atoms with van der Waals surface area (Å²) in [6.45, 7) is 8.44. The minimum atomic E-state index is -3.57. The molecule has 0 radical (unpaired) electrons. The van der Waals surface area contributed by atoms with E-state index in [0.29, 0.717) is 37.6 Å². The van der Waals surface area contributed by atoms with Crippen LogP contribution in [0.3, 0.4) is 0 Å². The fourth-order valence-corrected chi connectivity index (χ4v) is 5.72. The summed E-state index contributed by atoms with van der Waals surface area (Å²) in [6.07, 6.45) is 0. The Morgan fingerprint density at radius 1 is 0.966 bits per heavy atom. The molecule has 0 N–H and O–H groups in total. The molecule has 0 bridgehead atoms. The Labute approximate surface area is 172 Å². The molecular weight excluding hydrogens is 386 g/mol. The summed E-state index contributed by atoms with van der Waals surface area (Å²) >= 11 is 0. The Kier molecular flexibility index (Phi) is 4.91. The van der Waals surface area contributed by atoms with Crippen molar-refractivity contribution in [3.8, 4) is 0 Å². The van der Waals surface area contributed by atoms with Crippen LogP contribution in [0, 0.1) is 0 Å². The normalized spacial score (nSPS) is 19.3. The van der Waals surface area contributed by atoms with E-state index >= 15 is 0 Å². The van der Waals surface area contributed by atoms with Gasteiger partial charge in [0.2, 0.25) is 15.9 Å². The van der Waals surface area contributed by atoms with Crippen LogP contribution in [0.4, 0.5) is 11.4 Å². The van der Waals surface area contributed by atoms with Gasteiger partial charge in [0.05, 0.1) is 4.90 Å². The third kappa shape index (κ3) is 3.53. The van der Waals surface area contributed by atoms with Gasteiger partial charge in [-0.25, -0.2) is 8.42 Å². The van der Waals surface area contributed by atoms with Crippen molar-refractivity contribution in [1.82, 2.24) is 4.31 Å². The first kappa shape index (κ1) is 19.9. The van der Waals surface area contributed by atoms with Gasteiger partial charge in [0, 0.05) is 56.4 Å². The smallest absolute Gasteiger partial charge is 0.243 e. The second kappa shape index (κ2) is 7.15. The standard InChI is InChI=1S/C22H27N3O3S/c1-17(26)25-16-22(2,3)20-15-19(9-10-21(20)25)29(27,28)24-13-11-23(12-14-24)18-7-5-4-6-8-18/h4-10,15H,11-14,16H2,1-3H3. The van der Waals surface area contributed by atoms with Crippen molar-refractivity contribution in [2.24, 2.45) is 0 Å². The summed E-state index contributed by atoms with van der Waals surface area (Å²) in [5.41, 5.74) is 2.57. The summed E-state index contributed by atoms with van der Waals surface area (Å²) in [5, 5.41) is 0. The van der Waals surface area contributed by atoms with Crippen molar-refractivity contribution in [3.63, 3.8) is 0 Å². The van der Waals surface area contributed by atoms with E-state index in [9.17, 15) is 13.2 Å². The van der Waals surface area contributed by atoms with Gasteiger partial charge in [0.15, 0.2) is 0 Å². The fraction of sp³-hybridized carbons (Fsp3) is 0.409. The van der Waals surface area contributed by atoms with Crippen LogP contribution in [0.25, 0.3) is 0 Å². The number of para-hydroxylation sites is 1. The molecule has 2 aromatic rings. The van der Waals surface area contributed by atoms with Crippen molar-refractivity contribution in [1.29, 1.82) is 0 Å². The SMILES string of the molecule is CC(=O)N1CC(C)(C)c2cc(S(=O)(=O)N3CCN(c4ccccc4)CC3)ccc21. The van der Waals surface area contributed by atoms with Crippen LogP contribution >= 0.6 is 0 Å². The summed E-state index contributed by atoms with van der Waals surface area (Å²) < 4.78 is 28.1. The number of hydrogen-bond donors (Lipinski definition) is 0. The molecule has 1 saturated heterocycles. The van der Waals surface area contributed by atoms with Gasteiger partial charge in [-0.2, -0.15) is 4.31 Å². The zero-order valence-electron chi connectivity index (χ0n) is 17.1. The second-order valence-corrected chi connectivity index (χ2v) is 10.3. The van der Waals surface area contributed by atoms with Gasteiger partial charge in [0.1, 0.15) is 0 Å². The number of sulfonamides is 1. The molecule has 29 heavy (non-hydrogen) atoms. The largest absolute Gasteiger partial charge is 0.369 e. The average molecular weight is 414 g/mol. The molecular formula is C22H27N3O3S. The summed E-state index contributed by atoms with van der Waals surface area (Å²) in [5.74, 6) is -0.0236. The van der Waals surface area contributed by atoms with Gasteiger partial charge >= 0.3 is 0 Å². The van der Waals surface area contributed by atoms with Gasteiger partial charge in [-0.1, -0.05) is 32.0 Å². The van der Waals surface area contributed by atoms with Crippen molar-refractivity contribution < 1.29 is 13.2 Å². The van der Waals surface area contributed by atoms with Crippen LogP contribution in [0.15, 0.2) is 53.4 Å². The lowest BCUT2D eigenvalue weighted by Gasteiger charge is -2.35. The van der Waals surface area contributed by atoms with Gasteiger partial charge in [-0.15, -0.1) is 0 Å². The number of piperazine rings is 1. The van der Waals surface area contributed by atoms with E-state index in [4.69, 9.17) is 0 Å². The first-order chi connectivity index (χ1) is 13.7. The predicted octanol–water partition coefficient (Wildman–Crippen LogP) is 2.84. The molecule has 0 spiro atoms. The van der Waals surface area contributed by atoms with E-state index in [0.717, 1.165) is 16.9 Å². The highest BCUT2D eigenvalue weighted by Crippen LogP contribution is 2.41. The molecule has 4 rings (SSSR count). The molecule has 2 heterocycles. The number of carbonyl (C=O) groups is 1. The summed E-state index contributed by atoms with van der Waals surface area (Å²) in [7, 11) is -3.57. The van der Waals surface area contributed by atoms with Crippen molar-refractivity contribution >= 4 is 27.3 Å². The van der Waals surface area contributed by atoms with Crippen molar-refractivity contribution in [3.05, 3.63) is 54.1 Å². The first-order valence-corrected chi connectivity index (χ1v) is 11.4. The van der Waals surface area contributed by atoms with E-state index in [2.05, 4.69) is 4.90 Å². The lowest BCUT2D eigenvalue weighted by molar-refractivity contribution is -0.116. The third-order valence-corrected chi connectivity index (χ3v) is 7.81. The highest BCUT2D eigenvalue weighted by molar-refractivity contribution is 7.89. The molecule has 0 unspecified atom stereocenters. The monoisotopic (exact) mass is 413 g/mol. The van der Waals surface area contributed by atoms with Crippen LogP contribution in [0.5, 0.6) is 0 Å². The highest BCUT2D eigenvalue weighted by Gasteiger charge is 2.38. The summed E-state index contributed by atoms with van der Waals surface area (Å²) in [4.78, 5) is 16.2. The number of hydrogen-bond acceptors (Lipinski definition) is 4. The molecule has 2 aliphatic rings. The van der Waals surface area contributed by atoms with E-state index in [1.807, 2.05) is 44.2 Å². The minimum Gasteiger partial charge on any atom is -0.369 e. The highest BCUT2D eigenvalue weighted by atomic mass is 32.2. The Morgan fingerprint density at radius 3 is 2.24 bits per heavy atom. The van der Waals surface area contributed by atoms with Crippen LogP contribution < -0.4 is 9.80 Å². The molecule has 0 aromatic heterocycles. The number of carbonyl (C=O) groups excluding carboxylic acids is 1. The number of fused-ring (bicyclic) bond motifs is 1. The molecule has 2 aromatic carbocycles. The van der Waals surface area contributed by atoms with E-state index in [1.54, 1.807) is 34.3 Å². The molecule has 6 nitrogen and oxygen atoms in total. The van der Waals surface area contributed by atoms with Crippen LogP contribution in [-0.2, 0) is 20.2 Å². The van der Waals surface area contributed by atoms with Crippen molar-refractivity contribution in [2.45, 2.75) is 31.1 Å². The summed E-state index contributed by atoms with van der Waals surface area (Å²) in [6, 6.07) is 15.2. The van der Waals surface area contributed by atoms with Gasteiger partial charge in [-0.3, -0.25) is 4.79 Å². The predicted molar refractivity (Wildman–Crippen MR) is 115 cm³/mol. The van der Waals surface area contributed by atoms with Crippen LogP contribution in [-0.4, -0.2) is 51.4 Å². The zero-order chi connectivity index (χ0) is 20.8. The lowest BCUT2D eigenvalue weighted by Crippen LogP contribution is -2.48. The molecule has 0 saturated carbocycles. The molecule has 1 amide bonds. The molecule has 0 aliphatic carbocycles. The molecule has 2 aliphatic heterocycles. The maximum absolute atomic E-state index is 13.3. The fourth-order valence-electron chi connectivity index (χ4n) is 4.27. The number of amides is 1. The number of nitrogens with zero attached hydrogens (tertiary/aromatic N) is 3. The van der Waals surface area contributed by atoms with E-state index in [-0.39, 0.29) is 11.3 Å². The van der Waals surface area contributed by atoms with E-state index in [1.165, 1.54) is 0 Å². The average Bonchev–Trinajstić information content (AvgIpc) is 2.99. The topological polar surface area (TPSA) is 60.9 Å². The van der Waals surface area contributed by atoms with Crippen LogP contribution in [0.1, 0.15) is 26.3 Å². The molecule has 1 fully saturated rings.